The Morgan fingerprint density at radius 3 is 2.41 bits per heavy atom. The van der Waals surface area contributed by atoms with Crippen LogP contribution in [-0.4, -0.2) is 40.4 Å². The molecule has 1 aliphatic carbocycles. The fraction of sp³-hybridized carbons (Fsp3) is 0.429. The van der Waals surface area contributed by atoms with Gasteiger partial charge in [-0.2, -0.15) is 0 Å². The fourth-order valence-corrected chi connectivity index (χ4v) is 6.24. The number of phenolic OH excluding ortho intramolecular Hbond substituents is 1. The van der Waals surface area contributed by atoms with E-state index in [0.29, 0.717) is 22.4 Å². The molecule has 5 rings (SSSR count). The summed E-state index contributed by atoms with van der Waals surface area (Å²) >= 11 is 5.97. The van der Waals surface area contributed by atoms with Crippen LogP contribution >= 0.6 is 24.0 Å². The van der Waals surface area contributed by atoms with Crippen LogP contribution in [0.1, 0.15) is 67.3 Å². The highest BCUT2D eigenvalue weighted by atomic mass is 35.5. The first-order valence-electron chi connectivity index (χ1n) is 12.6. The molecule has 3 N–H and O–H groups in total. The van der Waals surface area contributed by atoms with Crippen molar-refractivity contribution in [2.45, 2.75) is 51.4 Å². The number of hydrogen-bond donors (Lipinski definition) is 2. The number of carbonyl (C=O) groups excluding carboxylic acids is 1. The highest BCUT2D eigenvalue weighted by Crippen LogP contribution is 2.43. The lowest BCUT2D eigenvalue weighted by atomic mass is 9.75. The molecule has 1 aromatic heterocycles. The van der Waals surface area contributed by atoms with Gasteiger partial charge in [-0.1, -0.05) is 11.6 Å². The largest absolute Gasteiger partial charge is 0.504 e. The number of pyridine rings is 1. The summed E-state index contributed by atoms with van der Waals surface area (Å²) < 4.78 is 29.4. The third kappa shape index (κ3) is 5.40. The molecule has 1 aliphatic heterocycles. The third-order valence-electron chi connectivity index (χ3n) is 7.79. The van der Waals surface area contributed by atoms with Gasteiger partial charge in [0.15, 0.2) is 17.3 Å². The molecule has 5 nitrogen and oxygen atoms in total. The van der Waals surface area contributed by atoms with E-state index < -0.39 is 17.4 Å². The van der Waals surface area contributed by atoms with Gasteiger partial charge in [0.05, 0.1) is 16.1 Å². The van der Waals surface area contributed by atoms with Gasteiger partial charge in [-0.25, -0.2) is 13.8 Å². The molecule has 0 atom stereocenters. The number of Topliss-reactive ketones (excluding diaryl/α,β-unsaturated/α-hetero) is 1. The van der Waals surface area contributed by atoms with Crippen LogP contribution in [0, 0.1) is 17.6 Å². The van der Waals surface area contributed by atoms with Crippen molar-refractivity contribution in [2.24, 2.45) is 5.92 Å². The third-order valence-corrected chi connectivity index (χ3v) is 8.08. The molecule has 0 spiro atoms. The molecule has 1 saturated carbocycles. The number of nitrogens with two attached hydrogens (primary N) is 1. The molecule has 2 aromatic carbocycles. The van der Waals surface area contributed by atoms with Crippen LogP contribution in [-0.2, 0) is 0 Å². The molecule has 2 heterocycles. The van der Waals surface area contributed by atoms with E-state index in [2.05, 4.69) is 9.88 Å². The summed E-state index contributed by atoms with van der Waals surface area (Å²) in [5, 5.41) is 10.1. The van der Waals surface area contributed by atoms with Crippen molar-refractivity contribution in [3.05, 3.63) is 52.0 Å². The number of halogens is 4. The lowest BCUT2D eigenvalue weighted by Crippen LogP contribution is -2.29. The van der Waals surface area contributed by atoms with E-state index in [-0.39, 0.29) is 46.1 Å². The van der Waals surface area contributed by atoms with Gasteiger partial charge < -0.3 is 15.7 Å². The first kappa shape index (κ1) is 27.6. The lowest BCUT2D eigenvalue weighted by Gasteiger charge is -2.32. The number of likely N-dealkylation sites (tertiary alicyclic amines) is 1. The van der Waals surface area contributed by atoms with Crippen LogP contribution in [0.3, 0.4) is 0 Å². The van der Waals surface area contributed by atoms with Crippen molar-refractivity contribution in [3.63, 3.8) is 0 Å². The van der Waals surface area contributed by atoms with Crippen LogP contribution in [0.5, 0.6) is 5.75 Å². The van der Waals surface area contributed by atoms with Gasteiger partial charge in [-0.3, -0.25) is 4.79 Å². The lowest BCUT2D eigenvalue weighted by molar-refractivity contribution is 0.101. The Kier molecular flexibility index (Phi) is 8.26. The Labute approximate surface area is 226 Å². The maximum absolute atomic E-state index is 15.2. The summed E-state index contributed by atoms with van der Waals surface area (Å²) in [5.74, 6) is -1.59. The monoisotopic (exact) mass is 549 g/mol. The molecule has 3 aromatic rings. The summed E-state index contributed by atoms with van der Waals surface area (Å²) in [6, 6.07) is 5.25. The summed E-state index contributed by atoms with van der Waals surface area (Å²) in [5.41, 5.74) is 8.09. The summed E-state index contributed by atoms with van der Waals surface area (Å²) in [4.78, 5) is 19.6. The molecule has 0 radical (unpaired) electrons. The second kappa shape index (κ2) is 11.1. The number of nitrogens with zero attached hydrogens (tertiary/aromatic N) is 2. The minimum absolute atomic E-state index is 0. The number of phenols is 1. The molecule has 0 unspecified atom stereocenters. The standard InChI is InChI=1S/C28H30ClF2N3O2.ClH/c1-15(35)25-26(17-6-4-16(5-7-17)14-34-8-2-3-9-34)20-12-19(22(30)13-24(20)33-28(25)32)18-10-21(29)27(36)23(31)11-18;/h10-13,16-17,36H,2-9,14H2,1H3,(H2,32,33);1H. The van der Waals surface area contributed by atoms with Crippen molar-refractivity contribution in [3.8, 4) is 16.9 Å². The molecular formula is C28H31Cl2F2N3O2. The van der Waals surface area contributed by atoms with E-state index in [4.69, 9.17) is 17.3 Å². The average Bonchev–Trinajstić information content (AvgIpc) is 3.34. The molecule has 2 aliphatic rings. The Morgan fingerprint density at radius 2 is 1.78 bits per heavy atom. The number of benzene rings is 2. The number of carbonyl (C=O) groups is 1. The number of rotatable bonds is 5. The number of aromatic nitrogens is 1. The number of aromatic hydroxyl groups is 1. The van der Waals surface area contributed by atoms with E-state index in [1.165, 1.54) is 45.0 Å². The average molecular weight is 550 g/mol. The quantitative estimate of drug-likeness (QED) is 0.331. The smallest absolute Gasteiger partial charge is 0.170 e. The first-order valence-corrected chi connectivity index (χ1v) is 12.9. The Morgan fingerprint density at radius 1 is 1.11 bits per heavy atom. The Bertz CT molecular complexity index is 1310. The molecule has 37 heavy (non-hydrogen) atoms. The van der Waals surface area contributed by atoms with Gasteiger partial charge in [-0.15, -0.1) is 12.4 Å². The summed E-state index contributed by atoms with van der Waals surface area (Å²) in [6.45, 7) is 4.95. The van der Waals surface area contributed by atoms with Crippen molar-refractivity contribution >= 4 is 46.5 Å². The van der Waals surface area contributed by atoms with E-state index in [1.807, 2.05) is 0 Å². The van der Waals surface area contributed by atoms with Crippen LogP contribution < -0.4 is 5.73 Å². The normalized spacial score (nSPS) is 20.2. The number of anilines is 1. The van der Waals surface area contributed by atoms with Crippen LogP contribution in [0.25, 0.3) is 22.0 Å². The topological polar surface area (TPSA) is 79.5 Å². The Hall–Kier alpha value is -2.48. The van der Waals surface area contributed by atoms with Crippen LogP contribution in [0.2, 0.25) is 5.02 Å². The van der Waals surface area contributed by atoms with Gasteiger partial charge >= 0.3 is 0 Å². The first-order chi connectivity index (χ1) is 17.2. The van der Waals surface area contributed by atoms with Gasteiger partial charge in [0.1, 0.15) is 11.6 Å². The molecule has 0 bridgehead atoms. The van der Waals surface area contributed by atoms with Gasteiger partial charge in [0.2, 0.25) is 0 Å². The van der Waals surface area contributed by atoms with E-state index in [0.717, 1.165) is 43.9 Å². The van der Waals surface area contributed by atoms with Gasteiger partial charge in [0.25, 0.3) is 0 Å². The maximum atomic E-state index is 15.2. The molecule has 198 valence electrons. The molecule has 2 fully saturated rings. The van der Waals surface area contributed by atoms with Gasteiger partial charge in [-0.05, 0) is 99.7 Å². The van der Waals surface area contributed by atoms with E-state index >= 15 is 4.39 Å². The number of ketones is 1. The zero-order valence-electron chi connectivity index (χ0n) is 20.7. The number of hydrogen-bond acceptors (Lipinski definition) is 5. The number of nitrogen functional groups attached to an aromatic ring is 1. The Balaban J connectivity index is 0.00000320. The SMILES string of the molecule is CC(=O)c1c(N)nc2cc(F)c(-c3cc(F)c(O)c(Cl)c3)cc2c1C1CCC(CN2CCCC2)CC1.Cl. The number of fused-ring (bicyclic) bond motifs is 1. The zero-order valence-corrected chi connectivity index (χ0v) is 22.3. The predicted molar refractivity (Wildman–Crippen MR) is 146 cm³/mol. The van der Waals surface area contributed by atoms with Crippen molar-refractivity contribution in [1.82, 2.24) is 9.88 Å². The minimum atomic E-state index is -0.937. The van der Waals surface area contributed by atoms with Crippen molar-refractivity contribution in [1.29, 1.82) is 0 Å². The van der Waals surface area contributed by atoms with Crippen LogP contribution in [0.15, 0.2) is 24.3 Å². The fourth-order valence-electron chi connectivity index (χ4n) is 6.03. The molecule has 0 amide bonds. The van der Waals surface area contributed by atoms with E-state index in [1.54, 1.807) is 6.07 Å². The summed E-state index contributed by atoms with van der Waals surface area (Å²) in [6.07, 6.45) is 6.46. The maximum Gasteiger partial charge on any atom is 0.170 e. The highest BCUT2D eigenvalue weighted by molar-refractivity contribution is 6.32. The predicted octanol–water partition coefficient (Wildman–Crippen LogP) is 7.12. The highest BCUT2D eigenvalue weighted by Gasteiger charge is 2.30. The zero-order chi connectivity index (χ0) is 25.6. The summed E-state index contributed by atoms with van der Waals surface area (Å²) in [7, 11) is 0. The van der Waals surface area contributed by atoms with Gasteiger partial charge in [0, 0.05) is 23.6 Å². The molecule has 1 saturated heterocycles. The van der Waals surface area contributed by atoms with Crippen LogP contribution in [0.4, 0.5) is 14.6 Å². The molecule has 9 heteroatoms. The van der Waals surface area contributed by atoms with Crippen molar-refractivity contribution < 1.29 is 18.7 Å². The second-order valence-electron chi connectivity index (χ2n) is 10.2. The minimum Gasteiger partial charge on any atom is -0.504 e. The van der Waals surface area contributed by atoms with Crippen molar-refractivity contribution in [2.75, 3.05) is 25.4 Å². The molecular weight excluding hydrogens is 519 g/mol. The van der Waals surface area contributed by atoms with E-state index in [9.17, 15) is 14.3 Å². The second-order valence-corrected chi connectivity index (χ2v) is 10.6.